The molecule has 0 amide bonds. The van der Waals surface area contributed by atoms with Crippen molar-refractivity contribution in [2.75, 3.05) is 19.8 Å². The molecule has 0 radical (unpaired) electrons. The predicted molar refractivity (Wildman–Crippen MR) is 136 cm³/mol. The van der Waals surface area contributed by atoms with Gasteiger partial charge in [0.05, 0.1) is 31.2 Å². The number of nitrogens with zero attached hydrogens (tertiary/aromatic N) is 5. The molecule has 0 bridgehead atoms. The molecule has 6 rings (SSSR count). The van der Waals surface area contributed by atoms with E-state index < -0.39 is 5.82 Å². The Labute approximate surface area is 218 Å². The first-order valence-electron chi connectivity index (χ1n) is 12.3. The third-order valence-corrected chi connectivity index (χ3v) is 7.78. The molecule has 5 heterocycles. The first kappa shape index (κ1) is 24.2. The minimum atomic E-state index is -0.516. The Hall–Kier alpha value is -3.14. The van der Waals surface area contributed by atoms with E-state index in [1.807, 2.05) is 17.1 Å². The van der Waals surface area contributed by atoms with Crippen LogP contribution in [0.15, 0.2) is 41.6 Å². The number of hydrogen-bond donors (Lipinski definition) is 0. The maximum Gasteiger partial charge on any atom is 0.261 e. The largest absolute Gasteiger partial charge is 0.376 e. The third kappa shape index (κ3) is 4.15. The fraction of sp³-hybridized carbons (Fsp3) is 0.407. The van der Waals surface area contributed by atoms with Crippen LogP contribution >= 0.6 is 11.6 Å². The predicted octanol–water partition coefficient (Wildman–Crippen LogP) is 4.74. The van der Waals surface area contributed by atoms with Crippen molar-refractivity contribution >= 4 is 17.2 Å². The lowest BCUT2D eigenvalue weighted by Crippen LogP contribution is -2.49. The molecule has 0 unspecified atom stereocenters. The van der Waals surface area contributed by atoms with Crippen molar-refractivity contribution in [3.63, 3.8) is 0 Å². The van der Waals surface area contributed by atoms with Crippen LogP contribution in [0.3, 0.4) is 0 Å². The fourth-order valence-electron chi connectivity index (χ4n) is 5.04. The molecule has 37 heavy (non-hydrogen) atoms. The van der Waals surface area contributed by atoms with E-state index in [4.69, 9.17) is 26.1 Å². The minimum absolute atomic E-state index is 0.00302. The topological polar surface area (TPSA) is 83.5 Å². The van der Waals surface area contributed by atoms with Gasteiger partial charge in [0, 0.05) is 52.3 Å². The molecule has 2 aliphatic heterocycles. The van der Waals surface area contributed by atoms with E-state index in [1.165, 1.54) is 10.5 Å². The summed E-state index contributed by atoms with van der Waals surface area (Å²) in [6, 6.07) is 4.44. The maximum atomic E-state index is 15.1. The lowest BCUT2D eigenvalue weighted by atomic mass is 9.90. The van der Waals surface area contributed by atoms with Gasteiger partial charge in [0.25, 0.3) is 5.56 Å². The number of hydrogen-bond acceptors (Lipinski definition) is 6. The van der Waals surface area contributed by atoms with Gasteiger partial charge >= 0.3 is 0 Å². The average molecular weight is 524 g/mol. The quantitative estimate of drug-likeness (QED) is 0.384. The maximum absolute atomic E-state index is 15.1. The molecular weight excluding hydrogens is 497 g/mol. The highest BCUT2D eigenvalue weighted by Crippen LogP contribution is 2.39. The number of benzene rings is 1. The summed E-state index contributed by atoms with van der Waals surface area (Å²) >= 11 is 6.01. The van der Waals surface area contributed by atoms with E-state index in [0.29, 0.717) is 54.5 Å². The molecule has 2 atom stereocenters. The second kappa shape index (κ2) is 9.01. The minimum Gasteiger partial charge on any atom is -0.376 e. The van der Waals surface area contributed by atoms with Crippen LogP contribution in [0.2, 0.25) is 5.02 Å². The zero-order valence-corrected chi connectivity index (χ0v) is 21.6. The van der Waals surface area contributed by atoms with E-state index in [1.54, 1.807) is 32.2 Å². The molecule has 10 heteroatoms. The Morgan fingerprint density at radius 3 is 2.73 bits per heavy atom. The highest BCUT2D eigenvalue weighted by atomic mass is 35.5. The molecule has 192 valence electrons. The van der Waals surface area contributed by atoms with Crippen molar-refractivity contribution in [1.29, 1.82) is 0 Å². The van der Waals surface area contributed by atoms with Gasteiger partial charge in [0.2, 0.25) is 0 Å². The van der Waals surface area contributed by atoms with Gasteiger partial charge in [-0.15, -0.1) is 0 Å². The summed E-state index contributed by atoms with van der Waals surface area (Å²) in [4.78, 5) is 22.8. The van der Waals surface area contributed by atoms with Crippen molar-refractivity contribution in [1.82, 2.24) is 24.1 Å². The van der Waals surface area contributed by atoms with Crippen molar-refractivity contribution in [3.05, 3.63) is 80.5 Å². The van der Waals surface area contributed by atoms with Gasteiger partial charge < -0.3 is 9.47 Å². The van der Waals surface area contributed by atoms with Crippen LogP contribution in [0.4, 0.5) is 4.39 Å². The average Bonchev–Trinajstić information content (AvgIpc) is 3.37. The third-order valence-electron chi connectivity index (χ3n) is 7.54. The molecule has 0 spiro atoms. The van der Waals surface area contributed by atoms with Gasteiger partial charge in [-0.1, -0.05) is 11.6 Å². The van der Waals surface area contributed by atoms with Crippen molar-refractivity contribution < 1.29 is 13.9 Å². The molecule has 0 aliphatic carbocycles. The Balaban J connectivity index is 1.42. The second-order valence-corrected chi connectivity index (χ2v) is 10.7. The van der Waals surface area contributed by atoms with Crippen LogP contribution in [0.5, 0.6) is 0 Å². The van der Waals surface area contributed by atoms with Gasteiger partial charge in [-0.3, -0.25) is 13.9 Å². The lowest BCUT2D eigenvalue weighted by Gasteiger charge is -2.38. The van der Waals surface area contributed by atoms with Crippen LogP contribution in [0, 0.1) is 19.7 Å². The summed E-state index contributed by atoms with van der Waals surface area (Å²) in [6.45, 7) is 7.43. The Morgan fingerprint density at radius 1 is 1.19 bits per heavy atom. The van der Waals surface area contributed by atoms with Crippen LogP contribution in [-0.4, -0.2) is 44.0 Å². The van der Waals surface area contributed by atoms with Crippen LogP contribution in [-0.2, 0) is 15.0 Å². The van der Waals surface area contributed by atoms with E-state index in [-0.39, 0.29) is 33.7 Å². The normalized spacial score (nSPS) is 21.2. The molecule has 8 nitrogen and oxygen atoms in total. The van der Waals surface area contributed by atoms with Crippen molar-refractivity contribution in [2.45, 2.75) is 51.2 Å². The summed E-state index contributed by atoms with van der Waals surface area (Å²) in [5, 5.41) is 4.84. The summed E-state index contributed by atoms with van der Waals surface area (Å²) in [7, 11) is 0. The number of fused-ring (bicyclic) bond motifs is 1. The van der Waals surface area contributed by atoms with Crippen LogP contribution in [0.25, 0.3) is 16.9 Å². The van der Waals surface area contributed by atoms with Gasteiger partial charge in [0.15, 0.2) is 5.65 Å². The number of aromatic nitrogens is 5. The highest BCUT2D eigenvalue weighted by Gasteiger charge is 2.37. The fourth-order valence-corrected chi connectivity index (χ4v) is 5.20. The molecule has 2 fully saturated rings. The summed E-state index contributed by atoms with van der Waals surface area (Å²) in [5.74, 6) is -0.519. The second-order valence-electron chi connectivity index (χ2n) is 10.2. The molecule has 3 aromatic heterocycles. The van der Waals surface area contributed by atoms with Crippen molar-refractivity contribution in [3.8, 4) is 11.3 Å². The summed E-state index contributed by atoms with van der Waals surface area (Å²) < 4.78 is 30.0. The smallest absolute Gasteiger partial charge is 0.261 e. The number of rotatable bonds is 4. The van der Waals surface area contributed by atoms with E-state index in [2.05, 4.69) is 17.0 Å². The van der Waals surface area contributed by atoms with E-state index in [0.717, 1.165) is 12.0 Å². The first-order chi connectivity index (χ1) is 17.7. The molecule has 0 saturated carbocycles. The van der Waals surface area contributed by atoms with E-state index >= 15 is 4.39 Å². The zero-order chi connectivity index (χ0) is 25.9. The van der Waals surface area contributed by atoms with Gasteiger partial charge in [0.1, 0.15) is 17.1 Å². The Morgan fingerprint density at radius 2 is 2.00 bits per heavy atom. The first-order valence-corrected chi connectivity index (χ1v) is 12.7. The van der Waals surface area contributed by atoms with Crippen LogP contribution in [0.1, 0.15) is 54.3 Å². The summed E-state index contributed by atoms with van der Waals surface area (Å²) in [5.41, 5.74) is 3.39. The molecular formula is C27H27ClFN5O3. The molecule has 2 aliphatic rings. The van der Waals surface area contributed by atoms with Gasteiger partial charge in [-0.05, 0) is 51.8 Å². The summed E-state index contributed by atoms with van der Waals surface area (Å²) in [6.07, 6.45) is 6.84. The Kier molecular flexibility index (Phi) is 5.89. The zero-order valence-electron chi connectivity index (χ0n) is 20.9. The highest BCUT2D eigenvalue weighted by molar-refractivity contribution is 6.30. The van der Waals surface area contributed by atoms with Gasteiger partial charge in [-0.2, -0.15) is 5.10 Å². The number of ether oxygens (including phenoxy) is 2. The van der Waals surface area contributed by atoms with Crippen LogP contribution < -0.4 is 5.56 Å². The standard InChI is InChI=1S/C27H27ClFN5O3/c1-15-16(2)31-25-24(20-5-4-19(28)9-21(20)29)32-22(12-33(25)26(15)35)17-6-7-37-23(8-17)18-10-30-34(11-18)27(3)13-36-14-27/h4-5,9-12,17,23H,6-8,13-14H2,1-3H3/t17-,23+/m1/s1. The monoisotopic (exact) mass is 523 g/mol. The SMILES string of the molecule is Cc1nc2c(-c3ccc(Cl)cc3F)nc([C@@H]3CCO[C@H](c4cnn(C5(C)COC5)c4)C3)cn2c(=O)c1C. The van der Waals surface area contributed by atoms with Crippen molar-refractivity contribution in [2.24, 2.45) is 0 Å². The molecule has 2 saturated heterocycles. The molecule has 0 N–H and O–H groups in total. The number of halogens is 2. The van der Waals surface area contributed by atoms with E-state index in [9.17, 15) is 4.79 Å². The number of aryl methyl sites for hydroxylation is 1. The molecule has 1 aromatic carbocycles. The van der Waals surface area contributed by atoms with Gasteiger partial charge in [-0.25, -0.2) is 14.4 Å². The lowest BCUT2D eigenvalue weighted by molar-refractivity contribution is -0.0959. The Bertz CT molecular complexity index is 1580. The molecule has 4 aromatic rings.